The molecule has 2 aromatic heterocycles. The van der Waals surface area contributed by atoms with Crippen molar-refractivity contribution in [1.82, 2.24) is 14.7 Å². The van der Waals surface area contributed by atoms with Crippen LogP contribution in [0.2, 0.25) is 0 Å². The van der Waals surface area contributed by atoms with Gasteiger partial charge in [-0.05, 0) is 11.5 Å². The molecule has 106 valence electrons. The number of ether oxygens (including phenoxy) is 1. The number of aryl methyl sites for hydroxylation is 1. The maximum atomic E-state index is 8.91. The molecule has 2 aromatic rings. The summed E-state index contributed by atoms with van der Waals surface area (Å²) in [7, 11) is 3.46. The van der Waals surface area contributed by atoms with Gasteiger partial charge in [0.2, 0.25) is 5.82 Å². The minimum atomic E-state index is -0.254. The van der Waals surface area contributed by atoms with E-state index in [2.05, 4.69) is 16.2 Å². The average Bonchev–Trinajstić information content (AvgIpc) is 2.94. The highest BCUT2D eigenvalue weighted by Gasteiger charge is 2.31. The topological polar surface area (TPSA) is 76.9 Å². The van der Waals surface area contributed by atoms with Crippen molar-refractivity contribution in [1.29, 1.82) is 5.26 Å². The monoisotopic (exact) mass is 274 g/mol. The Kier molecular flexibility index (Phi) is 3.64. The molecule has 0 aliphatic carbocycles. The molecular formula is C14H18N4O2. The Morgan fingerprint density at radius 3 is 2.65 bits per heavy atom. The van der Waals surface area contributed by atoms with E-state index in [-0.39, 0.29) is 11.5 Å². The van der Waals surface area contributed by atoms with Crippen molar-refractivity contribution < 1.29 is 9.26 Å². The summed E-state index contributed by atoms with van der Waals surface area (Å²) in [5, 5.41) is 12.9. The molecule has 0 amide bonds. The summed E-state index contributed by atoms with van der Waals surface area (Å²) in [6.45, 7) is 6.15. The first-order valence-corrected chi connectivity index (χ1v) is 6.30. The molecule has 0 N–H and O–H groups in total. The van der Waals surface area contributed by atoms with E-state index in [1.54, 1.807) is 23.9 Å². The first kappa shape index (κ1) is 14.3. The van der Waals surface area contributed by atoms with E-state index in [4.69, 9.17) is 14.5 Å². The van der Waals surface area contributed by atoms with Crippen LogP contribution in [0.25, 0.3) is 11.6 Å². The van der Waals surface area contributed by atoms with Gasteiger partial charge in [0.05, 0.1) is 5.56 Å². The molecule has 0 fully saturated rings. The maximum absolute atomic E-state index is 8.91. The SMILES string of the molecule is COC(c1noc(-c2cc(C#N)cn2C)n1)C(C)(C)C. The lowest BCUT2D eigenvalue weighted by Gasteiger charge is -2.26. The van der Waals surface area contributed by atoms with Crippen molar-refractivity contribution in [2.24, 2.45) is 12.5 Å². The zero-order valence-electron chi connectivity index (χ0n) is 12.3. The third-order valence-corrected chi connectivity index (χ3v) is 3.05. The second kappa shape index (κ2) is 5.10. The molecule has 2 heterocycles. The molecule has 6 nitrogen and oxygen atoms in total. The maximum Gasteiger partial charge on any atom is 0.274 e. The zero-order chi connectivity index (χ0) is 14.9. The Morgan fingerprint density at radius 2 is 2.15 bits per heavy atom. The third kappa shape index (κ3) is 2.58. The summed E-state index contributed by atoms with van der Waals surface area (Å²) < 4.78 is 12.5. The van der Waals surface area contributed by atoms with Crippen molar-refractivity contribution in [2.75, 3.05) is 7.11 Å². The normalized spacial score (nSPS) is 13.2. The summed E-state index contributed by atoms with van der Waals surface area (Å²) in [6, 6.07) is 3.81. The van der Waals surface area contributed by atoms with E-state index < -0.39 is 0 Å². The smallest absolute Gasteiger partial charge is 0.274 e. The van der Waals surface area contributed by atoms with Gasteiger partial charge in [0, 0.05) is 20.4 Å². The molecule has 0 saturated heterocycles. The van der Waals surface area contributed by atoms with Gasteiger partial charge in [0.25, 0.3) is 5.89 Å². The molecular weight excluding hydrogens is 256 g/mol. The number of hydrogen-bond acceptors (Lipinski definition) is 5. The molecule has 1 unspecified atom stereocenters. The van der Waals surface area contributed by atoms with Crippen LogP contribution < -0.4 is 0 Å². The minimum absolute atomic E-state index is 0.137. The molecule has 0 aliphatic rings. The largest absolute Gasteiger partial charge is 0.373 e. The van der Waals surface area contributed by atoms with E-state index in [1.165, 1.54) is 0 Å². The number of rotatable bonds is 3. The van der Waals surface area contributed by atoms with Crippen LogP contribution >= 0.6 is 0 Å². The molecule has 0 aromatic carbocycles. The Bertz CT molecular complexity index is 643. The van der Waals surface area contributed by atoms with Crippen LogP contribution in [0, 0.1) is 16.7 Å². The number of aromatic nitrogens is 3. The van der Waals surface area contributed by atoms with Crippen molar-refractivity contribution in [2.45, 2.75) is 26.9 Å². The van der Waals surface area contributed by atoms with Gasteiger partial charge in [0.15, 0.2) is 0 Å². The van der Waals surface area contributed by atoms with Crippen molar-refractivity contribution >= 4 is 0 Å². The highest BCUT2D eigenvalue weighted by atomic mass is 16.5. The molecule has 0 saturated carbocycles. The van der Waals surface area contributed by atoms with E-state index in [0.717, 1.165) is 0 Å². The van der Waals surface area contributed by atoms with Crippen LogP contribution in [0.5, 0.6) is 0 Å². The first-order valence-electron chi connectivity index (χ1n) is 6.30. The van der Waals surface area contributed by atoms with Gasteiger partial charge in [-0.1, -0.05) is 25.9 Å². The van der Waals surface area contributed by atoms with Crippen molar-refractivity contribution in [3.05, 3.63) is 23.7 Å². The van der Waals surface area contributed by atoms with E-state index >= 15 is 0 Å². The summed E-state index contributed by atoms with van der Waals surface area (Å²) >= 11 is 0. The zero-order valence-corrected chi connectivity index (χ0v) is 12.3. The molecule has 20 heavy (non-hydrogen) atoms. The van der Waals surface area contributed by atoms with Crippen molar-refractivity contribution in [3.63, 3.8) is 0 Å². The van der Waals surface area contributed by atoms with Crippen LogP contribution in [0.4, 0.5) is 0 Å². The molecule has 0 bridgehead atoms. The Balaban J connectivity index is 2.38. The van der Waals surface area contributed by atoms with Crippen LogP contribution in [0.15, 0.2) is 16.8 Å². The van der Waals surface area contributed by atoms with Gasteiger partial charge in [-0.3, -0.25) is 0 Å². The Labute approximate surface area is 118 Å². The summed E-state index contributed by atoms with van der Waals surface area (Å²) in [4.78, 5) is 4.39. The second-order valence-electron chi connectivity index (χ2n) is 5.78. The van der Waals surface area contributed by atoms with E-state index in [1.807, 2.05) is 27.8 Å². The Morgan fingerprint density at radius 1 is 1.45 bits per heavy atom. The standard InChI is InChI=1S/C14H18N4O2/c1-14(2,3)11(19-5)12-16-13(20-17-12)10-6-9(7-15)8-18(10)4/h6,8,11H,1-5H3. The lowest BCUT2D eigenvalue weighted by Crippen LogP contribution is -2.21. The lowest BCUT2D eigenvalue weighted by atomic mass is 9.88. The molecule has 1 atom stereocenters. The van der Waals surface area contributed by atoms with Crippen molar-refractivity contribution in [3.8, 4) is 17.7 Å². The fourth-order valence-corrected chi connectivity index (χ4v) is 2.13. The molecule has 6 heteroatoms. The molecule has 0 aliphatic heterocycles. The lowest BCUT2D eigenvalue weighted by molar-refractivity contribution is 0.00718. The van der Waals surface area contributed by atoms with Crippen LogP contribution in [-0.4, -0.2) is 21.8 Å². The number of hydrogen-bond donors (Lipinski definition) is 0. The molecule has 0 radical (unpaired) electrons. The number of nitrogens with zero attached hydrogens (tertiary/aromatic N) is 4. The fourth-order valence-electron chi connectivity index (χ4n) is 2.13. The van der Waals surface area contributed by atoms with Gasteiger partial charge in [0.1, 0.15) is 17.9 Å². The third-order valence-electron chi connectivity index (χ3n) is 3.05. The molecule has 0 spiro atoms. The first-order chi connectivity index (χ1) is 9.36. The summed E-state index contributed by atoms with van der Waals surface area (Å²) in [5.74, 6) is 0.894. The van der Waals surface area contributed by atoms with Gasteiger partial charge < -0.3 is 13.8 Å². The Hall–Kier alpha value is -2.13. The van der Waals surface area contributed by atoms with Crippen LogP contribution in [-0.2, 0) is 11.8 Å². The minimum Gasteiger partial charge on any atom is -0.373 e. The highest BCUT2D eigenvalue weighted by molar-refractivity contribution is 5.52. The average molecular weight is 274 g/mol. The quantitative estimate of drug-likeness (QED) is 0.860. The summed E-state index contributed by atoms with van der Waals surface area (Å²) in [5.41, 5.74) is 1.13. The predicted molar refractivity (Wildman–Crippen MR) is 72.6 cm³/mol. The van der Waals surface area contributed by atoms with E-state index in [0.29, 0.717) is 23.0 Å². The van der Waals surface area contributed by atoms with Crippen LogP contribution in [0.3, 0.4) is 0 Å². The highest BCUT2D eigenvalue weighted by Crippen LogP contribution is 2.34. The predicted octanol–water partition coefficient (Wildman–Crippen LogP) is 2.68. The van der Waals surface area contributed by atoms with Gasteiger partial charge in [-0.2, -0.15) is 10.2 Å². The number of methoxy groups -OCH3 is 1. The van der Waals surface area contributed by atoms with Gasteiger partial charge in [-0.25, -0.2) is 0 Å². The molecule has 2 rings (SSSR count). The fraction of sp³-hybridized carbons (Fsp3) is 0.500. The van der Waals surface area contributed by atoms with E-state index in [9.17, 15) is 0 Å². The number of nitriles is 1. The van der Waals surface area contributed by atoms with Gasteiger partial charge >= 0.3 is 0 Å². The van der Waals surface area contributed by atoms with Gasteiger partial charge in [-0.15, -0.1) is 0 Å². The summed E-state index contributed by atoms with van der Waals surface area (Å²) in [6.07, 6.45) is 1.47. The van der Waals surface area contributed by atoms with Crippen LogP contribution in [0.1, 0.15) is 38.3 Å². The second-order valence-corrected chi connectivity index (χ2v) is 5.78.